The van der Waals surface area contributed by atoms with E-state index in [0.717, 1.165) is 22.7 Å². The number of hydrogen-bond acceptors (Lipinski definition) is 5. The number of rotatable bonds is 3. The van der Waals surface area contributed by atoms with Gasteiger partial charge in [0.25, 0.3) is 0 Å². The summed E-state index contributed by atoms with van der Waals surface area (Å²) in [6, 6.07) is 6.04. The van der Waals surface area contributed by atoms with E-state index in [1.54, 1.807) is 0 Å². The molecule has 2 aromatic rings. The largest absolute Gasteiger partial charge is 0.373 e. The van der Waals surface area contributed by atoms with E-state index in [0.29, 0.717) is 6.54 Å². The van der Waals surface area contributed by atoms with Crippen LogP contribution in [-0.4, -0.2) is 21.5 Å². The molecule has 0 saturated carbocycles. The molecular formula is C14H16N4OS. The maximum atomic E-state index is 12.2. The van der Waals surface area contributed by atoms with Crippen LogP contribution in [-0.2, 0) is 17.8 Å². The van der Waals surface area contributed by atoms with Crippen LogP contribution in [0.1, 0.15) is 21.7 Å². The number of fused-ring (bicyclic) bond motifs is 1. The number of nitrogens with zero attached hydrogens (tertiary/aromatic N) is 2. The number of carbonyl (C=O) groups is 1. The van der Waals surface area contributed by atoms with Crippen molar-refractivity contribution in [2.45, 2.75) is 32.9 Å². The third-order valence-corrected chi connectivity index (χ3v) is 4.32. The predicted molar refractivity (Wildman–Crippen MR) is 78.8 cm³/mol. The summed E-state index contributed by atoms with van der Waals surface area (Å²) in [5.41, 5.74) is 4.37. The zero-order valence-corrected chi connectivity index (χ0v) is 12.3. The Kier molecular flexibility index (Phi) is 3.40. The maximum absolute atomic E-state index is 12.2. The van der Waals surface area contributed by atoms with E-state index in [2.05, 4.69) is 39.3 Å². The first kappa shape index (κ1) is 13.1. The Morgan fingerprint density at radius 1 is 1.50 bits per heavy atom. The van der Waals surface area contributed by atoms with Crippen molar-refractivity contribution in [3.63, 3.8) is 0 Å². The molecule has 2 N–H and O–H groups in total. The van der Waals surface area contributed by atoms with Crippen LogP contribution >= 0.6 is 11.5 Å². The lowest BCUT2D eigenvalue weighted by atomic mass is 10.1. The van der Waals surface area contributed by atoms with Crippen LogP contribution in [0.25, 0.3) is 0 Å². The minimum Gasteiger partial charge on any atom is -0.373 e. The Balaban J connectivity index is 1.61. The second-order valence-corrected chi connectivity index (χ2v) is 5.90. The molecule has 1 aliphatic rings. The van der Waals surface area contributed by atoms with E-state index < -0.39 is 0 Å². The van der Waals surface area contributed by atoms with E-state index >= 15 is 0 Å². The molecule has 6 heteroatoms. The van der Waals surface area contributed by atoms with Gasteiger partial charge >= 0.3 is 0 Å². The average Bonchev–Trinajstić information content (AvgIpc) is 3.01. The number of nitrogens with one attached hydrogen (secondary N) is 2. The Morgan fingerprint density at radius 3 is 3.10 bits per heavy atom. The molecule has 0 fully saturated rings. The summed E-state index contributed by atoms with van der Waals surface area (Å²) < 4.78 is 3.86. The Hall–Kier alpha value is -1.95. The molecule has 1 aromatic heterocycles. The summed E-state index contributed by atoms with van der Waals surface area (Å²) >= 11 is 1.33. The summed E-state index contributed by atoms with van der Waals surface area (Å²) in [6.07, 6.45) is 0.739. The van der Waals surface area contributed by atoms with Crippen LogP contribution < -0.4 is 10.6 Å². The molecule has 0 bridgehead atoms. The van der Waals surface area contributed by atoms with Gasteiger partial charge in [-0.05, 0) is 37.0 Å². The van der Waals surface area contributed by atoms with Gasteiger partial charge in [0.15, 0.2) is 0 Å². The zero-order valence-electron chi connectivity index (χ0n) is 11.4. The number of aryl methyl sites for hydroxylation is 2. The van der Waals surface area contributed by atoms with Gasteiger partial charge in [0.2, 0.25) is 5.91 Å². The second-order valence-electron chi connectivity index (χ2n) is 5.06. The van der Waals surface area contributed by atoms with E-state index in [4.69, 9.17) is 0 Å². The van der Waals surface area contributed by atoms with Crippen molar-refractivity contribution in [2.75, 3.05) is 5.32 Å². The van der Waals surface area contributed by atoms with Crippen LogP contribution in [0.3, 0.4) is 0 Å². The summed E-state index contributed by atoms with van der Waals surface area (Å²) in [6.45, 7) is 4.46. The number of anilines is 1. The first-order valence-electron chi connectivity index (χ1n) is 6.55. The third-order valence-electron chi connectivity index (χ3n) is 3.50. The SMILES string of the molecule is Cc1ccc2c(c1)C[C@@H](C(=O)NCc1snnc1C)N2. The Morgan fingerprint density at radius 2 is 2.35 bits per heavy atom. The average molecular weight is 288 g/mol. The highest BCUT2D eigenvalue weighted by molar-refractivity contribution is 7.05. The second kappa shape index (κ2) is 5.20. The molecule has 5 nitrogen and oxygen atoms in total. The first-order chi connectivity index (χ1) is 9.63. The summed E-state index contributed by atoms with van der Waals surface area (Å²) in [5.74, 6) is 0.0200. The quantitative estimate of drug-likeness (QED) is 0.904. The highest BCUT2D eigenvalue weighted by atomic mass is 32.1. The lowest BCUT2D eigenvalue weighted by molar-refractivity contribution is -0.121. The lowest BCUT2D eigenvalue weighted by Gasteiger charge is -2.11. The first-order valence-corrected chi connectivity index (χ1v) is 7.32. The number of carbonyl (C=O) groups excluding carboxylic acids is 1. The van der Waals surface area contributed by atoms with Crippen LogP contribution in [0.4, 0.5) is 5.69 Å². The molecule has 1 amide bonds. The summed E-state index contributed by atoms with van der Waals surface area (Å²) in [7, 11) is 0. The van der Waals surface area contributed by atoms with Gasteiger partial charge in [0.1, 0.15) is 6.04 Å². The molecular weight excluding hydrogens is 272 g/mol. The topological polar surface area (TPSA) is 66.9 Å². The van der Waals surface area contributed by atoms with Crippen LogP contribution in [0.2, 0.25) is 0 Å². The van der Waals surface area contributed by atoms with Crippen molar-refractivity contribution >= 4 is 23.1 Å². The Labute approximate surface area is 121 Å². The highest BCUT2D eigenvalue weighted by Crippen LogP contribution is 2.26. The molecule has 1 atom stereocenters. The van der Waals surface area contributed by atoms with Gasteiger partial charge in [-0.15, -0.1) is 5.10 Å². The van der Waals surface area contributed by atoms with Gasteiger partial charge in [-0.1, -0.05) is 22.2 Å². The fourth-order valence-electron chi connectivity index (χ4n) is 2.35. The van der Waals surface area contributed by atoms with Crippen molar-refractivity contribution in [1.29, 1.82) is 0 Å². The Bertz CT molecular complexity index is 652. The summed E-state index contributed by atoms with van der Waals surface area (Å²) in [4.78, 5) is 13.2. The number of amides is 1. The summed E-state index contributed by atoms with van der Waals surface area (Å²) in [5, 5.41) is 10.1. The van der Waals surface area contributed by atoms with Crippen LogP contribution in [0.15, 0.2) is 18.2 Å². The molecule has 0 spiro atoms. The van der Waals surface area contributed by atoms with Crippen molar-refractivity contribution in [3.05, 3.63) is 39.9 Å². The molecule has 20 heavy (non-hydrogen) atoms. The maximum Gasteiger partial charge on any atom is 0.243 e. The van der Waals surface area contributed by atoms with Crippen molar-refractivity contribution in [1.82, 2.24) is 14.9 Å². The molecule has 3 rings (SSSR count). The van der Waals surface area contributed by atoms with Crippen molar-refractivity contribution in [3.8, 4) is 0 Å². The smallest absolute Gasteiger partial charge is 0.243 e. The van der Waals surface area contributed by atoms with Gasteiger partial charge in [-0.25, -0.2) is 0 Å². The number of aromatic nitrogens is 2. The molecule has 0 radical (unpaired) electrons. The van der Waals surface area contributed by atoms with Gasteiger partial charge in [-0.2, -0.15) is 0 Å². The van der Waals surface area contributed by atoms with Crippen molar-refractivity contribution in [2.24, 2.45) is 0 Å². The van der Waals surface area contributed by atoms with Gasteiger partial charge in [0, 0.05) is 12.1 Å². The van der Waals surface area contributed by atoms with Crippen molar-refractivity contribution < 1.29 is 4.79 Å². The van der Waals surface area contributed by atoms with Crippen LogP contribution in [0, 0.1) is 13.8 Å². The van der Waals surface area contributed by atoms with E-state index in [1.807, 2.05) is 13.0 Å². The normalized spacial score (nSPS) is 16.6. The van der Waals surface area contributed by atoms with Gasteiger partial charge in [0.05, 0.1) is 17.1 Å². The minimum absolute atomic E-state index is 0.0200. The lowest BCUT2D eigenvalue weighted by Crippen LogP contribution is -2.37. The number of hydrogen-bond donors (Lipinski definition) is 2. The van der Waals surface area contributed by atoms with E-state index in [9.17, 15) is 4.79 Å². The van der Waals surface area contributed by atoms with E-state index in [-0.39, 0.29) is 11.9 Å². The minimum atomic E-state index is -0.187. The predicted octanol–water partition coefficient (Wildman–Crippen LogP) is 1.81. The molecule has 0 unspecified atom stereocenters. The third kappa shape index (κ3) is 2.51. The molecule has 2 heterocycles. The molecule has 0 aliphatic carbocycles. The van der Waals surface area contributed by atoms with Gasteiger partial charge < -0.3 is 10.6 Å². The molecule has 104 valence electrons. The highest BCUT2D eigenvalue weighted by Gasteiger charge is 2.26. The van der Waals surface area contributed by atoms with Gasteiger partial charge in [-0.3, -0.25) is 4.79 Å². The zero-order chi connectivity index (χ0) is 14.1. The fraction of sp³-hybridized carbons (Fsp3) is 0.357. The fourth-order valence-corrected chi connectivity index (χ4v) is 2.92. The standard InChI is InChI=1S/C14H16N4OS/c1-8-3-4-11-10(5-8)6-12(16-11)14(19)15-7-13-9(2)17-18-20-13/h3-5,12,16H,6-7H2,1-2H3,(H,15,19)/t12-/m0/s1. The van der Waals surface area contributed by atoms with Crippen LogP contribution in [0.5, 0.6) is 0 Å². The monoisotopic (exact) mass is 288 g/mol. The van der Waals surface area contributed by atoms with E-state index in [1.165, 1.54) is 22.7 Å². The number of benzene rings is 1. The molecule has 0 saturated heterocycles. The molecule has 1 aliphatic heterocycles. The molecule has 1 aromatic carbocycles.